The van der Waals surface area contributed by atoms with E-state index in [2.05, 4.69) is 31.4 Å². The number of carbonyl (C=O) groups is 3. The number of ether oxygens (including phenoxy) is 1. The highest BCUT2D eigenvalue weighted by Gasteiger charge is 2.72. The first-order chi connectivity index (χ1) is 17.3. The molecule has 0 radical (unpaired) electrons. The number of likely N-dealkylation sites (tertiary alicyclic amines) is 1. The first-order valence-electron chi connectivity index (χ1n) is 13.3. The maximum absolute atomic E-state index is 13.9. The van der Waals surface area contributed by atoms with Crippen LogP contribution >= 0.6 is 11.6 Å². The van der Waals surface area contributed by atoms with Gasteiger partial charge in [0.15, 0.2) is 0 Å². The number of nitrogens with one attached hydrogen (secondary N) is 2. The summed E-state index contributed by atoms with van der Waals surface area (Å²) in [5.41, 5.74) is -0.515. The number of halogens is 1. The topological polar surface area (TPSA) is 87.7 Å². The molecule has 0 aromatic heterocycles. The maximum Gasteiger partial charge on any atom is 0.246 e. The second-order valence-corrected chi connectivity index (χ2v) is 11.4. The molecule has 36 heavy (non-hydrogen) atoms. The number of nitrogens with zero attached hydrogens (tertiary/aromatic N) is 1. The molecule has 3 amide bonds. The van der Waals surface area contributed by atoms with E-state index in [0.29, 0.717) is 29.1 Å². The van der Waals surface area contributed by atoms with Crippen molar-refractivity contribution in [2.75, 3.05) is 11.9 Å². The van der Waals surface area contributed by atoms with Crippen molar-refractivity contribution in [3.8, 4) is 0 Å². The Hall–Kier alpha value is -2.38. The maximum atomic E-state index is 13.9. The first kappa shape index (κ1) is 25.3. The average Bonchev–Trinajstić information content (AvgIpc) is 3.49. The number of fused-ring (bicyclic) bond motifs is 1. The van der Waals surface area contributed by atoms with Crippen molar-refractivity contribution in [1.82, 2.24) is 10.2 Å². The molecule has 194 valence electrons. The molecule has 8 unspecified atom stereocenters. The average molecular weight is 514 g/mol. The van der Waals surface area contributed by atoms with Crippen LogP contribution in [0.4, 0.5) is 5.69 Å². The van der Waals surface area contributed by atoms with Crippen LogP contribution in [0.1, 0.15) is 52.9 Å². The highest BCUT2D eigenvalue weighted by Crippen LogP contribution is 2.55. The van der Waals surface area contributed by atoms with E-state index in [9.17, 15) is 14.4 Å². The van der Waals surface area contributed by atoms with Gasteiger partial charge in [-0.2, -0.15) is 0 Å². The molecule has 3 fully saturated rings. The molecule has 1 aliphatic carbocycles. The van der Waals surface area contributed by atoms with Crippen LogP contribution in [0.2, 0.25) is 5.02 Å². The van der Waals surface area contributed by atoms with Gasteiger partial charge >= 0.3 is 0 Å². The van der Waals surface area contributed by atoms with Crippen molar-refractivity contribution < 1.29 is 19.1 Å². The number of unbranched alkanes of at least 4 members (excludes halogenated alkanes) is 1. The van der Waals surface area contributed by atoms with E-state index < -0.39 is 29.6 Å². The van der Waals surface area contributed by atoms with Crippen LogP contribution in [0.3, 0.4) is 0 Å². The molecule has 3 aliphatic heterocycles. The normalized spacial score (nSPS) is 36.7. The van der Waals surface area contributed by atoms with E-state index in [0.717, 1.165) is 25.7 Å². The molecule has 1 aromatic carbocycles. The lowest BCUT2D eigenvalue weighted by Gasteiger charge is -2.38. The monoisotopic (exact) mass is 513 g/mol. The molecule has 1 saturated carbocycles. The van der Waals surface area contributed by atoms with Crippen LogP contribution in [0.15, 0.2) is 36.4 Å². The lowest BCUT2D eigenvalue weighted by Crippen LogP contribution is -2.58. The van der Waals surface area contributed by atoms with E-state index in [1.807, 2.05) is 12.2 Å². The van der Waals surface area contributed by atoms with Gasteiger partial charge in [0.1, 0.15) is 11.6 Å². The smallest absolute Gasteiger partial charge is 0.246 e. The summed E-state index contributed by atoms with van der Waals surface area (Å²) in [6.45, 7) is 6.96. The summed E-state index contributed by atoms with van der Waals surface area (Å²) in [7, 11) is 0. The van der Waals surface area contributed by atoms with Gasteiger partial charge in [-0.05, 0) is 48.9 Å². The number of anilines is 1. The third-order valence-electron chi connectivity index (χ3n) is 8.82. The molecule has 7 nitrogen and oxygen atoms in total. The van der Waals surface area contributed by atoms with E-state index in [1.165, 1.54) is 6.42 Å². The van der Waals surface area contributed by atoms with Crippen molar-refractivity contribution in [2.24, 2.45) is 23.7 Å². The quantitative estimate of drug-likeness (QED) is 0.536. The number of benzene rings is 1. The van der Waals surface area contributed by atoms with E-state index in [4.69, 9.17) is 16.3 Å². The number of hydrogen-bond acceptors (Lipinski definition) is 4. The minimum absolute atomic E-state index is 0.0754. The Morgan fingerprint density at radius 1 is 1.17 bits per heavy atom. The van der Waals surface area contributed by atoms with Crippen LogP contribution in [-0.2, 0) is 19.1 Å². The highest BCUT2D eigenvalue weighted by molar-refractivity contribution is 6.30. The Bertz CT molecular complexity index is 1060. The van der Waals surface area contributed by atoms with Crippen LogP contribution in [-0.4, -0.2) is 53.0 Å². The fraction of sp³-hybridized carbons (Fsp3) is 0.607. The van der Waals surface area contributed by atoms with Crippen LogP contribution in [0.25, 0.3) is 0 Å². The minimum atomic E-state index is -1.12. The van der Waals surface area contributed by atoms with Crippen LogP contribution in [0, 0.1) is 23.7 Å². The molecule has 2 saturated heterocycles. The second-order valence-electron chi connectivity index (χ2n) is 11.0. The van der Waals surface area contributed by atoms with Gasteiger partial charge in [-0.1, -0.05) is 63.8 Å². The number of rotatable bonds is 7. The van der Waals surface area contributed by atoms with Gasteiger partial charge in [-0.25, -0.2) is 0 Å². The van der Waals surface area contributed by atoms with Crippen molar-refractivity contribution >= 4 is 35.0 Å². The molecular formula is C28H36ClN3O4. The molecule has 8 atom stereocenters. The van der Waals surface area contributed by atoms with E-state index >= 15 is 0 Å². The van der Waals surface area contributed by atoms with Crippen LogP contribution < -0.4 is 10.6 Å². The Kier molecular flexibility index (Phi) is 6.90. The van der Waals surface area contributed by atoms with Gasteiger partial charge in [0.25, 0.3) is 0 Å². The summed E-state index contributed by atoms with van der Waals surface area (Å²) < 4.78 is 6.41. The Morgan fingerprint density at radius 2 is 1.92 bits per heavy atom. The second kappa shape index (κ2) is 9.82. The zero-order valence-electron chi connectivity index (χ0n) is 21.2. The van der Waals surface area contributed by atoms with Crippen molar-refractivity contribution in [3.63, 3.8) is 0 Å². The fourth-order valence-corrected chi connectivity index (χ4v) is 6.77. The molecule has 1 aromatic rings. The van der Waals surface area contributed by atoms with Gasteiger partial charge < -0.3 is 20.3 Å². The third-order valence-corrected chi connectivity index (χ3v) is 9.08. The van der Waals surface area contributed by atoms with Crippen molar-refractivity contribution in [3.05, 3.63) is 41.4 Å². The summed E-state index contributed by atoms with van der Waals surface area (Å²) in [5.74, 6) is -1.14. The zero-order valence-corrected chi connectivity index (χ0v) is 22.0. The molecule has 5 rings (SSSR count). The summed E-state index contributed by atoms with van der Waals surface area (Å²) in [6, 6.07) is 6.17. The van der Waals surface area contributed by atoms with Crippen LogP contribution in [0.5, 0.6) is 0 Å². The molecule has 8 heteroatoms. The predicted octanol–water partition coefficient (Wildman–Crippen LogP) is 4.17. The standard InChI is InChI=1S/C28H36ClN3O4/c1-4-5-15-32-24(26(34)31-20-8-6-7-16(2)17(20)3)28-14-13-21(36-28)22(23(28)27(32)35)25(33)30-19-11-9-18(29)10-12-19/h9-14,16-17,20-24H,4-8,15H2,1-3H3,(H,30,33)(H,31,34). The van der Waals surface area contributed by atoms with Crippen molar-refractivity contribution in [1.29, 1.82) is 0 Å². The largest absolute Gasteiger partial charge is 0.359 e. The summed E-state index contributed by atoms with van der Waals surface area (Å²) in [4.78, 5) is 42.8. The highest BCUT2D eigenvalue weighted by atomic mass is 35.5. The van der Waals surface area contributed by atoms with Gasteiger partial charge in [0, 0.05) is 23.3 Å². The third kappa shape index (κ3) is 4.14. The molecule has 2 N–H and O–H groups in total. The summed E-state index contributed by atoms with van der Waals surface area (Å²) >= 11 is 5.98. The van der Waals surface area contributed by atoms with Crippen molar-refractivity contribution in [2.45, 2.75) is 76.7 Å². The lowest BCUT2D eigenvalue weighted by molar-refractivity contribution is -0.141. The molecular weight excluding hydrogens is 478 g/mol. The Balaban J connectivity index is 1.42. The SMILES string of the molecule is CCCCN1C(=O)C2C(C(=O)Nc3ccc(Cl)cc3)C3C=CC2(O3)C1C(=O)NC1CCCC(C)C1C. The fourth-order valence-electron chi connectivity index (χ4n) is 6.64. The molecule has 4 aliphatic rings. The van der Waals surface area contributed by atoms with E-state index in [1.54, 1.807) is 29.2 Å². The van der Waals surface area contributed by atoms with E-state index in [-0.39, 0.29) is 23.8 Å². The first-order valence-corrected chi connectivity index (χ1v) is 13.7. The summed E-state index contributed by atoms with van der Waals surface area (Å²) in [6.07, 6.45) is 8.05. The van der Waals surface area contributed by atoms with Gasteiger partial charge in [-0.3, -0.25) is 14.4 Å². The minimum Gasteiger partial charge on any atom is -0.359 e. The number of amides is 3. The molecule has 1 spiro atoms. The predicted molar refractivity (Wildman–Crippen MR) is 138 cm³/mol. The summed E-state index contributed by atoms with van der Waals surface area (Å²) in [5, 5.41) is 6.78. The van der Waals surface area contributed by atoms with Gasteiger partial charge in [-0.15, -0.1) is 0 Å². The molecule has 3 heterocycles. The van der Waals surface area contributed by atoms with Gasteiger partial charge in [0.2, 0.25) is 17.7 Å². The lowest BCUT2D eigenvalue weighted by atomic mass is 9.73. The van der Waals surface area contributed by atoms with Gasteiger partial charge in [0.05, 0.1) is 17.9 Å². The number of carbonyl (C=O) groups excluding carboxylic acids is 3. The number of hydrogen-bond donors (Lipinski definition) is 2. The Labute approximate surface area is 218 Å². The molecule has 2 bridgehead atoms. The zero-order chi connectivity index (χ0) is 25.6. The Morgan fingerprint density at radius 3 is 2.64 bits per heavy atom.